The monoisotopic (exact) mass is 603 g/mol. The van der Waals surface area contributed by atoms with Gasteiger partial charge < -0.3 is 4.57 Å². The van der Waals surface area contributed by atoms with Crippen LogP contribution in [0.3, 0.4) is 0 Å². The quantitative estimate of drug-likeness (QED) is 0.184. The van der Waals surface area contributed by atoms with Crippen LogP contribution in [0.25, 0.3) is 81.4 Å². The van der Waals surface area contributed by atoms with Gasteiger partial charge in [-0.2, -0.15) is 0 Å². The van der Waals surface area contributed by atoms with E-state index >= 15 is 0 Å². The van der Waals surface area contributed by atoms with Crippen LogP contribution in [-0.4, -0.2) is 4.57 Å². The van der Waals surface area contributed by atoms with Crippen LogP contribution in [0.1, 0.15) is 0 Å². The zero-order chi connectivity index (χ0) is 30.5. The first kappa shape index (κ1) is 26.7. The molecule has 0 unspecified atom stereocenters. The zero-order valence-electron chi connectivity index (χ0n) is 25.1. The number of hydrogen-bond acceptors (Lipinski definition) is 1. The lowest BCUT2D eigenvalue weighted by molar-refractivity contribution is 1.18. The highest BCUT2D eigenvalue weighted by Crippen LogP contribution is 2.50. The number of hydrogen-bond donors (Lipinski definition) is 0. The summed E-state index contributed by atoms with van der Waals surface area (Å²) < 4.78 is 2.42. The molecule has 0 N–H and O–H groups in total. The van der Waals surface area contributed by atoms with Crippen molar-refractivity contribution in [3.05, 3.63) is 176 Å². The Kier molecular flexibility index (Phi) is 6.40. The Morgan fingerprint density at radius 1 is 0.326 bits per heavy atom. The Balaban J connectivity index is 1.38. The van der Waals surface area contributed by atoms with Crippen molar-refractivity contribution in [2.45, 2.75) is 0 Å². The van der Waals surface area contributed by atoms with Crippen LogP contribution >= 0.6 is 11.3 Å². The maximum Gasteiger partial charge on any atom is 0.0547 e. The average molecular weight is 604 g/mol. The molecule has 0 saturated carbocycles. The van der Waals surface area contributed by atoms with Crippen LogP contribution < -0.4 is 0 Å². The van der Waals surface area contributed by atoms with Crippen molar-refractivity contribution in [2.24, 2.45) is 0 Å². The molecule has 0 aliphatic rings. The minimum absolute atomic E-state index is 1.17. The van der Waals surface area contributed by atoms with Gasteiger partial charge in [0.1, 0.15) is 0 Å². The summed E-state index contributed by atoms with van der Waals surface area (Å²) in [4.78, 5) is 2.59. The molecule has 7 aromatic carbocycles. The zero-order valence-corrected chi connectivity index (χ0v) is 25.9. The Hall–Kier alpha value is -5.70. The normalized spacial score (nSPS) is 11.5. The van der Waals surface area contributed by atoms with Crippen LogP contribution in [0.15, 0.2) is 176 Å². The minimum Gasteiger partial charge on any atom is -0.309 e. The summed E-state index contributed by atoms with van der Waals surface area (Å²) in [5.74, 6) is 0. The Morgan fingerprint density at radius 2 is 0.826 bits per heavy atom. The van der Waals surface area contributed by atoms with Gasteiger partial charge in [0, 0.05) is 48.1 Å². The second-order valence-electron chi connectivity index (χ2n) is 11.7. The van der Waals surface area contributed by atoms with E-state index in [1.165, 1.54) is 81.4 Å². The molecule has 216 valence electrons. The van der Waals surface area contributed by atoms with Crippen molar-refractivity contribution in [3.63, 3.8) is 0 Å². The molecule has 2 aromatic heterocycles. The Bertz CT molecular complexity index is 2500. The van der Waals surface area contributed by atoms with Crippen LogP contribution in [0.2, 0.25) is 0 Å². The average Bonchev–Trinajstić information content (AvgIpc) is 3.68. The van der Waals surface area contributed by atoms with Gasteiger partial charge in [-0.1, -0.05) is 146 Å². The van der Waals surface area contributed by atoms with Crippen molar-refractivity contribution in [3.8, 4) is 48.8 Å². The van der Waals surface area contributed by atoms with E-state index in [0.717, 1.165) is 0 Å². The van der Waals surface area contributed by atoms with Gasteiger partial charge in [-0.15, -0.1) is 11.3 Å². The molecule has 0 saturated heterocycles. The van der Waals surface area contributed by atoms with Crippen LogP contribution in [0.5, 0.6) is 0 Å². The molecule has 9 aromatic rings. The summed E-state index contributed by atoms with van der Waals surface area (Å²) in [5, 5.41) is 5.09. The maximum atomic E-state index is 2.44. The van der Waals surface area contributed by atoms with Gasteiger partial charge in [-0.05, 0) is 52.6 Å². The topological polar surface area (TPSA) is 4.93 Å². The third-order valence-electron chi connectivity index (χ3n) is 9.03. The Labute approximate surface area is 272 Å². The summed E-state index contributed by atoms with van der Waals surface area (Å²) in [6.07, 6.45) is 0. The molecule has 0 spiro atoms. The molecular weight excluding hydrogens is 575 g/mol. The van der Waals surface area contributed by atoms with Crippen LogP contribution in [0.4, 0.5) is 0 Å². The van der Waals surface area contributed by atoms with Gasteiger partial charge in [-0.3, -0.25) is 0 Å². The van der Waals surface area contributed by atoms with Crippen molar-refractivity contribution >= 4 is 43.9 Å². The summed E-state index contributed by atoms with van der Waals surface area (Å²) >= 11 is 1.90. The molecule has 0 amide bonds. The number of para-hydroxylation sites is 2. The standard InChI is InChI=1S/C44H29NS/c1-4-16-30(17-5-1)33-22-10-11-24-35(33)43-36-25-12-13-26-37(36)44(46-43)40-29-42-39(28-38(40)31-18-6-2-7-19-31)34-23-14-15-27-41(34)45(42)32-20-8-3-9-21-32/h1-29H. The molecule has 0 radical (unpaired) electrons. The first-order valence-electron chi connectivity index (χ1n) is 15.7. The smallest absolute Gasteiger partial charge is 0.0547 e. The molecule has 2 heteroatoms. The van der Waals surface area contributed by atoms with E-state index in [-0.39, 0.29) is 0 Å². The largest absolute Gasteiger partial charge is 0.309 e. The van der Waals surface area contributed by atoms with Gasteiger partial charge in [0.15, 0.2) is 0 Å². The van der Waals surface area contributed by atoms with E-state index in [1.807, 2.05) is 11.3 Å². The highest BCUT2D eigenvalue weighted by Gasteiger charge is 2.22. The lowest BCUT2D eigenvalue weighted by Gasteiger charge is -2.13. The third-order valence-corrected chi connectivity index (χ3v) is 10.3. The second-order valence-corrected chi connectivity index (χ2v) is 12.7. The van der Waals surface area contributed by atoms with Crippen molar-refractivity contribution < 1.29 is 0 Å². The van der Waals surface area contributed by atoms with Crippen molar-refractivity contribution in [2.75, 3.05) is 0 Å². The SMILES string of the molecule is c1ccc(-c2ccccc2-c2sc(-c3cc4c(cc3-c3ccccc3)c3ccccc3n4-c3ccccc3)c3ccccc23)cc1. The first-order valence-corrected chi connectivity index (χ1v) is 16.5. The van der Waals surface area contributed by atoms with E-state index in [4.69, 9.17) is 0 Å². The van der Waals surface area contributed by atoms with Crippen LogP contribution in [-0.2, 0) is 0 Å². The highest BCUT2D eigenvalue weighted by atomic mass is 32.1. The molecule has 9 rings (SSSR count). The number of benzene rings is 7. The fraction of sp³-hybridized carbons (Fsp3) is 0. The fourth-order valence-corrected chi connectivity index (χ4v) is 8.30. The van der Waals surface area contributed by atoms with Gasteiger partial charge >= 0.3 is 0 Å². The molecule has 0 atom stereocenters. The number of aromatic nitrogens is 1. The number of rotatable bonds is 5. The fourth-order valence-electron chi connectivity index (χ4n) is 6.96. The third kappa shape index (κ3) is 4.30. The molecular formula is C44H29NS. The number of fused-ring (bicyclic) bond motifs is 4. The lowest BCUT2D eigenvalue weighted by atomic mass is 9.93. The molecule has 46 heavy (non-hydrogen) atoms. The van der Waals surface area contributed by atoms with E-state index in [1.54, 1.807) is 0 Å². The minimum atomic E-state index is 1.17. The summed E-state index contributed by atoms with van der Waals surface area (Å²) in [6.45, 7) is 0. The summed E-state index contributed by atoms with van der Waals surface area (Å²) in [6, 6.07) is 63.8. The van der Waals surface area contributed by atoms with Gasteiger partial charge in [0.2, 0.25) is 0 Å². The first-order chi connectivity index (χ1) is 22.8. The number of thiophene rings is 1. The summed E-state index contributed by atoms with van der Waals surface area (Å²) in [5.41, 5.74) is 11.1. The van der Waals surface area contributed by atoms with E-state index in [9.17, 15) is 0 Å². The number of nitrogens with zero attached hydrogens (tertiary/aromatic N) is 1. The summed E-state index contributed by atoms with van der Waals surface area (Å²) in [7, 11) is 0. The van der Waals surface area contributed by atoms with E-state index in [2.05, 4.69) is 180 Å². The lowest BCUT2D eigenvalue weighted by Crippen LogP contribution is -1.94. The molecule has 2 heterocycles. The molecule has 0 fully saturated rings. The van der Waals surface area contributed by atoms with E-state index < -0.39 is 0 Å². The molecule has 0 bridgehead atoms. The van der Waals surface area contributed by atoms with Gasteiger partial charge in [0.25, 0.3) is 0 Å². The van der Waals surface area contributed by atoms with Crippen molar-refractivity contribution in [1.82, 2.24) is 4.57 Å². The molecule has 0 aliphatic heterocycles. The predicted octanol–water partition coefficient (Wildman–Crippen LogP) is 12.7. The van der Waals surface area contributed by atoms with Gasteiger partial charge in [-0.25, -0.2) is 0 Å². The molecule has 1 nitrogen and oxygen atoms in total. The highest BCUT2D eigenvalue weighted by molar-refractivity contribution is 7.21. The van der Waals surface area contributed by atoms with Crippen molar-refractivity contribution in [1.29, 1.82) is 0 Å². The molecule has 0 aliphatic carbocycles. The van der Waals surface area contributed by atoms with Crippen LogP contribution in [0, 0.1) is 0 Å². The predicted molar refractivity (Wildman–Crippen MR) is 198 cm³/mol. The Morgan fingerprint density at radius 3 is 1.50 bits per heavy atom. The second kappa shape index (κ2) is 11.0. The van der Waals surface area contributed by atoms with E-state index in [0.29, 0.717) is 0 Å². The maximum absolute atomic E-state index is 2.44. The van der Waals surface area contributed by atoms with Gasteiger partial charge in [0.05, 0.1) is 11.0 Å².